The summed E-state index contributed by atoms with van der Waals surface area (Å²) in [7, 11) is 0. The number of rotatable bonds is 3. The van der Waals surface area contributed by atoms with E-state index in [9.17, 15) is 14.0 Å². The number of hydrazine groups is 1. The van der Waals surface area contributed by atoms with Crippen LogP contribution in [0.1, 0.15) is 35.2 Å². The van der Waals surface area contributed by atoms with Crippen LogP contribution in [0.3, 0.4) is 0 Å². The van der Waals surface area contributed by atoms with Gasteiger partial charge in [0.25, 0.3) is 5.91 Å². The van der Waals surface area contributed by atoms with Gasteiger partial charge in [-0.05, 0) is 54.8 Å². The van der Waals surface area contributed by atoms with Gasteiger partial charge in [-0.15, -0.1) is 0 Å². The SMILES string of the molecule is O=C(NNC(=O)C1(c2cccc(F)c2)CCC1)c1ccc(Cl)cc1. The first-order chi connectivity index (χ1) is 11.5. The lowest BCUT2D eigenvalue weighted by atomic mass is 9.64. The number of carbonyl (C=O) groups excluding carboxylic acids is 2. The lowest BCUT2D eigenvalue weighted by molar-refractivity contribution is -0.130. The van der Waals surface area contributed by atoms with Crippen molar-refractivity contribution in [2.45, 2.75) is 24.7 Å². The molecule has 0 atom stereocenters. The summed E-state index contributed by atoms with van der Waals surface area (Å²) in [5.41, 5.74) is 5.10. The Morgan fingerprint density at radius 1 is 1.04 bits per heavy atom. The van der Waals surface area contributed by atoms with E-state index in [4.69, 9.17) is 11.6 Å². The van der Waals surface area contributed by atoms with E-state index in [2.05, 4.69) is 10.9 Å². The zero-order chi connectivity index (χ0) is 17.2. The highest BCUT2D eigenvalue weighted by atomic mass is 35.5. The van der Waals surface area contributed by atoms with Gasteiger partial charge in [-0.1, -0.05) is 30.2 Å². The molecule has 4 nitrogen and oxygen atoms in total. The van der Waals surface area contributed by atoms with E-state index in [-0.39, 0.29) is 11.7 Å². The minimum Gasteiger partial charge on any atom is -0.272 e. The minimum atomic E-state index is -0.782. The van der Waals surface area contributed by atoms with Crippen molar-refractivity contribution in [3.63, 3.8) is 0 Å². The van der Waals surface area contributed by atoms with Crippen LogP contribution in [0.25, 0.3) is 0 Å². The second-order valence-corrected chi connectivity index (χ2v) is 6.30. The highest BCUT2D eigenvalue weighted by Crippen LogP contribution is 2.44. The Balaban J connectivity index is 1.69. The summed E-state index contributed by atoms with van der Waals surface area (Å²) in [5.74, 6) is -1.15. The van der Waals surface area contributed by atoms with Gasteiger partial charge in [-0.25, -0.2) is 4.39 Å². The number of hydrogen-bond acceptors (Lipinski definition) is 2. The maximum absolute atomic E-state index is 13.5. The molecule has 0 bridgehead atoms. The Morgan fingerprint density at radius 3 is 2.33 bits per heavy atom. The molecule has 0 spiro atoms. The zero-order valence-electron chi connectivity index (χ0n) is 12.8. The maximum atomic E-state index is 13.5. The summed E-state index contributed by atoms with van der Waals surface area (Å²) in [5, 5.41) is 0.523. The van der Waals surface area contributed by atoms with Gasteiger partial charge in [0, 0.05) is 10.6 Å². The molecule has 2 amide bonds. The van der Waals surface area contributed by atoms with Crippen molar-refractivity contribution < 1.29 is 14.0 Å². The molecule has 2 aromatic rings. The number of benzene rings is 2. The fraction of sp³-hybridized carbons (Fsp3) is 0.222. The van der Waals surface area contributed by atoms with Gasteiger partial charge in [0.15, 0.2) is 0 Å². The van der Waals surface area contributed by atoms with Crippen LogP contribution in [0.15, 0.2) is 48.5 Å². The Kier molecular flexibility index (Phi) is 4.53. The highest BCUT2D eigenvalue weighted by Gasteiger charge is 2.46. The third kappa shape index (κ3) is 3.12. The first kappa shape index (κ1) is 16.5. The third-order valence-corrected chi connectivity index (χ3v) is 4.67. The normalized spacial score (nSPS) is 15.2. The van der Waals surface area contributed by atoms with Crippen LogP contribution in [0.2, 0.25) is 5.02 Å². The standard InChI is InChI=1S/C18H16ClFN2O2/c19-14-7-5-12(6-8-14)16(23)21-22-17(24)18(9-2-10-18)13-3-1-4-15(20)11-13/h1,3-8,11H,2,9-10H2,(H,21,23)(H,22,24). The van der Waals surface area contributed by atoms with Crippen molar-refractivity contribution in [3.05, 3.63) is 70.5 Å². The lowest BCUT2D eigenvalue weighted by Gasteiger charge is -2.40. The molecule has 1 aliphatic rings. The molecule has 2 aromatic carbocycles. The van der Waals surface area contributed by atoms with Gasteiger partial charge in [0.2, 0.25) is 5.91 Å². The smallest absolute Gasteiger partial charge is 0.269 e. The summed E-state index contributed by atoms with van der Waals surface area (Å²) >= 11 is 5.78. The zero-order valence-corrected chi connectivity index (χ0v) is 13.6. The van der Waals surface area contributed by atoms with Crippen molar-refractivity contribution in [2.75, 3.05) is 0 Å². The van der Waals surface area contributed by atoms with Crippen LogP contribution in [-0.2, 0) is 10.2 Å². The molecular formula is C18H16ClFN2O2. The Morgan fingerprint density at radius 2 is 1.75 bits per heavy atom. The maximum Gasteiger partial charge on any atom is 0.269 e. The summed E-state index contributed by atoms with van der Waals surface area (Å²) < 4.78 is 13.5. The van der Waals surface area contributed by atoms with Crippen LogP contribution in [0, 0.1) is 5.82 Å². The molecule has 1 fully saturated rings. The Bertz CT molecular complexity index is 773. The van der Waals surface area contributed by atoms with Crippen LogP contribution < -0.4 is 10.9 Å². The fourth-order valence-corrected chi connectivity index (χ4v) is 3.00. The predicted molar refractivity (Wildman–Crippen MR) is 89.0 cm³/mol. The van der Waals surface area contributed by atoms with Gasteiger partial charge >= 0.3 is 0 Å². The largest absolute Gasteiger partial charge is 0.272 e. The Labute approximate surface area is 144 Å². The molecule has 0 heterocycles. The fourth-order valence-electron chi connectivity index (χ4n) is 2.87. The molecule has 2 N–H and O–H groups in total. The topological polar surface area (TPSA) is 58.2 Å². The number of halogens is 2. The molecule has 1 saturated carbocycles. The second-order valence-electron chi connectivity index (χ2n) is 5.86. The number of carbonyl (C=O) groups is 2. The molecule has 0 unspecified atom stereocenters. The number of amides is 2. The molecule has 124 valence electrons. The molecular weight excluding hydrogens is 331 g/mol. The number of nitrogens with one attached hydrogen (secondary N) is 2. The van der Waals surface area contributed by atoms with E-state index in [0.717, 1.165) is 6.42 Å². The van der Waals surface area contributed by atoms with Crippen molar-refractivity contribution in [1.29, 1.82) is 0 Å². The van der Waals surface area contributed by atoms with Gasteiger partial charge in [0.1, 0.15) is 5.82 Å². The summed E-state index contributed by atoms with van der Waals surface area (Å²) in [6.07, 6.45) is 2.13. The van der Waals surface area contributed by atoms with Crippen molar-refractivity contribution in [3.8, 4) is 0 Å². The van der Waals surface area contributed by atoms with Gasteiger partial charge < -0.3 is 0 Å². The highest BCUT2D eigenvalue weighted by molar-refractivity contribution is 6.30. The van der Waals surface area contributed by atoms with E-state index in [1.165, 1.54) is 12.1 Å². The van der Waals surface area contributed by atoms with Crippen LogP contribution >= 0.6 is 11.6 Å². The molecule has 3 rings (SSSR count). The van der Waals surface area contributed by atoms with E-state index in [0.29, 0.717) is 29.0 Å². The monoisotopic (exact) mass is 346 g/mol. The quantitative estimate of drug-likeness (QED) is 0.837. The average molecular weight is 347 g/mol. The van der Waals surface area contributed by atoms with Crippen molar-refractivity contribution in [2.24, 2.45) is 0 Å². The molecule has 0 saturated heterocycles. The molecule has 0 aromatic heterocycles. The van der Waals surface area contributed by atoms with Crippen molar-refractivity contribution >= 4 is 23.4 Å². The third-order valence-electron chi connectivity index (χ3n) is 4.41. The summed E-state index contributed by atoms with van der Waals surface area (Å²) in [6.45, 7) is 0. The van der Waals surface area contributed by atoms with E-state index in [1.807, 2.05) is 0 Å². The summed E-state index contributed by atoms with van der Waals surface area (Å²) in [4.78, 5) is 24.6. The minimum absolute atomic E-state index is 0.332. The van der Waals surface area contributed by atoms with Gasteiger partial charge in [0.05, 0.1) is 5.41 Å². The average Bonchev–Trinajstić information content (AvgIpc) is 2.52. The molecule has 0 aliphatic heterocycles. The molecule has 24 heavy (non-hydrogen) atoms. The lowest BCUT2D eigenvalue weighted by Crippen LogP contribution is -2.54. The van der Waals surface area contributed by atoms with E-state index >= 15 is 0 Å². The molecule has 0 radical (unpaired) electrons. The van der Waals surface area contributed by atoms with E-state index < -0.39 is 11.3 Å². The molecule has 6 heteroatoms. The van der Waals surface area contributed by atoms with Crippen LogP contribution in [0.5, 0.6) is 0 Å². The number of hydrogen-bond donors (Lipinski definition) is 2. The van der Waals surface area contributed by atoms with Crippen molar-refractivity contribution in [1.82, 2.24) is 10.9 Å². The first-order valence-electron chi connectivity index (χ1n) is 7.64. The first-order valence-corrected chi connectivity index (χ1v) is 8.01. The molecule has 1 aliphatic carbocycles. The van der Waals surface area contributed by atoms with Gasteiger partial charge in [-0.3, -0.25) is 20.4 Å². The Hall–Kier alpha value is -2.40. The van der Waals surface area contributed by atoms with Crippen LogP contribution in [0.4, 0.5) is 4.39 Å². The second kappa shape index (κ2) is 6.61. The predicted octanol–water partition coefficient (Wildman–Crippen LogP) is 3.36. The van der Waals surface area contributed by atoms with Gasteiger partial charge in [-0.2, -0.15) is 0 Å². The summed E-state index contributed by atoms with van der Waals surface area (Å²) in [6, 6.07) is 12.4. The van der Waals surface area contributed by atoms with Crippen LogP contribution in [-0.4, -0.2) is 11.8 Å². The van der Waals surface area contributed by atoms with E-state index in [1.54, 1.807) is 36.4 Å².